The predicted octanol–water partition coefficient (Wildman–Crippen LogP) is 3.59. The van der Waals surface area contributed by atoms with Crippen LogP contribution in [-0.4, -0.2) is 4.98 Å². The van der Waals surface area contributed by atoms with Crippen molar-refractivity contribution in [3.05, 3.63) is 22.0 Å². The van der Waals surface area contributed by atoms with Crippen LogP contribution in [0.5, 0.6) is 0 Å². The molecule has 2 aromatic rings. The Labute approximate surface area is 96.2 Å². The summed E-state index contributed by atoms with van der Waals surface area (Å²) in [6, 6.07) is 1.69. The van der Waals surface area contributed by atoms with Crippen molar-refractivity contribution in [2.45, 2.75) is 18.8 Å². The first-order valence-electron chi connectivity index (χ1n) is 4.70. The molecular formula is C10H8Cl2N2O. The molecule has 1 aliphatic rings. The Morgan fingerprint density at radius 3 is 2.73 bits per heavy atom. The van der Waals surface area contributed by atoms with E-state index in [9.17, 15) is 0 Å². The summed E-state index contributed by atoms with van der Waals surface area (Å²) >= 11 is 11.9. The molecule has 15 heavy (non-hydrogen) atoms. The molecule has 1 heterocycles. The van der Waals surface area contributed by atoms with Gasteiger partial charge in [0.25, 0.3) is 0 Å². The Morgan fingerprint density at radius 2 is 2.07 bits per heavy atom. The predicted molar refractivity (Wildman–Crippen MR) is 60.4 cm³/mol. The van der Waals surface area contributed by atoms with Gasteiger partial charge in [0.05, 0.1) is 10.7 Å². The van der Waals surface area contributed by atoms with Crippen molar-refractivity contribution >= 4 is 40.0 Å². The van der Waals surface area contributed by atoms with Gasteiger partial charge in [-0.3, -0.25) is 0 Å². The minimum Gasteiger partial charge on any atom is -0.439 e. The molecular weight excluding hydrogens is 235 g/mol. The number of nitrogens with two attached hydrogens (primary N) is 1. The minimum absolute atomic E-state index is 0.336. The first-order chi connectivity index (χ1) is 7.16. The van der Waals surface area contributed by atoms with Crippen LogP contribution in [0.2, 0.25) is 10.0 Å². The van der Waals surface area contributed by atoms with Gasteiger partial charge in [-0.1, -0.05) is 23.2 Å². The highest BCUT2D eigenvalue weighted by Gasteiger charge is 2.29. The lowest BCUT2D eigenvalue weighted by atomic mass is 10.3. The Balaban J connectivity index is 2.29. The van der Waals surface area contributed by atoms with Gasteiger partial charge in [0.2, 0.25) is 0 Å². The second kappa shape index (κ2) is 3.03. The molecule has 1 fully saturated rings. The molecule has 0 atom stereocenters. The lowest BCUT2D eigenvalue weighted by Gasteiger charge is -1.98. The fourth-order valence-corrected chi connectivity index (χ4v) is 1.93. The third-order valence-electron chi connectivity index (χ3n) is 2.53. The van der Waals surface area contributed by atoms with E-state index in [0.717, 1.165) is 18.7 Å². The summed E-state index contributed by atoms with van der Waals surface area (Å²) < 4.78 is 5.58. The zero-order valence-corrected chi connectivity index (χ0v) is 9.27. The molecule has 1 aliphatic carbocycles. The standard InChI is InChI=1S/C10H8Cl2N2O/c11-7-5(13)3-6-9(8(7)12)15-10(14-6)4-1-2-4/h3-4H,1-2,13H2. The molecule has 3 nitrogen and oxygen atoms in total. The SMILES string of the molecule is Nc1cc2nc(C3CC3)oc2c(Cl)c1Cl. The second-order valence-electron chi connectivity index (χ2n) is 3.77. The van der Waals surface area contributed by atoms with E-state index in [1.165, 1.54) is 0 Å². The van der Waals surface area contributed by atoms with Gasteiger partial charge in [-0.05, 0) is 18.9 Å². The number of rotatable bonds is 1. The Morgan fingerprint density at radius 1 is 1.33 bits per heavy atom. The molecule has 3 rings (SSSR count). The van der Waals surface area contributed by atoms with E-state index in [2.05, 4.69) is 4.98 Å². The molecule has 1 aromatic heterocycles. The van der Waals surface area contributed by atoms with E-state index in [4.69, 9.17) is 33.4 Å². The molecule has 0 radical (unpaired) electrons. The number of hydrogen-bond acceptors (Lipinski definition) is 3. The summed E-state index contributed by atoms with van der Waals surface area (Å²) in [5, 5.41) is 0.689. The van der Waals surface area contributed by atoms with E-state index in [0.29, 0.717) is 32.8 Å². The van der Waals surface area contributed by atoms with Crippen LogP contribution in [0.4, 0.5) is 5.69 Å². The molecule has 0 saturated heterocycles. The molecule has 0 aliphatic heterocycles. The van der Waals surface area contributed by atoms with E-state index < -0.39 is 0 Å². The van der Waals surface area contributed by atoms with Gasteiger partial charge in [0.1, 0.15) is 10.5 Å². The lowest BCUT2D eigenvalue weighted by molar-refractivity contribution is 0.533. The van der Waals surface area contributed by atoms with Crippen LogP contribution in [0.15, 0.2) is 10.5 Å². The second-order valence-corrected chi connectivity index (χ2v) is 4.52. The van der Waals surface area contributed by atoms with Crippen molar-refractivity contribution in [2.75, 3.05) is 5.73 Å². The molecule has 78 valence electrons. The number of halogens is 2. The third kappa shape index (κ3) is 1.38. The zero-order chi connectivity index (χ0) is 10.6. The van der Waals surface area contributed by atoms with Gasteiger partial charge >= 0.3 is 0 Å². The van der Waals surface area contributed by atoms with Crippen LogP contribution in [-0.2, 0) is 0 Å². The van der Waals surface area contributed by atoms with Crippen LogP contribution in [0, 0.1) is 0 Å². The van der Waals surface area contributed by atoms with Crippen molar-refractivity contribution in [3.8, 4) is 0 Å². The maximum Gasteiger partial charge on any atom is 0.198 e. The topological polar surface area (TPSA) is 52.0 Å². The number of aromatic nitrogens is 1. The van der Waals surface area contributed by atoms with Gasteiger partial charge in [-0.15, -0.1) is 0 Å². The number of nitrogens with zero attached hydrogens (tertiary/aromatic N) is 1. The molecule has 0 spiro atoms. The summed E-state index contributed by atoms with van der Waals surface area (Å²) in [7, 11) is 0. The van der Waals surface area contributed by atoms with Crippen molar-refractivity contribution in [1.82, 2.24) is 4.98 Å². The van der Waals surface area contributed by atoms with Crippen molar-refractivity contribution in [2.24, 2.45) is 0 Å². The van der Waals surface area contributed by atoms with E-state index >= 15 is 0 Å². The highest BCUT2D eigenvalue weighted by molar-refractivity contribution is 6.46. The summed E-state index contributed by atoms with van der Waals surface area (Å²) in [6.07, 6.45) is 2.27. The monoisotopic (exact) mass is 242 g/mol. The number of benzene rings is 1. The Kier molecular flexibility index (Phi) is 1.88. The molecule has 2 N–H and O–H groups in total. The first kappa shape index (κ1) is 9.31. The number of fused-ring (bicyclic) bond motifs is 1. The smallest absolute Gasteiger partial charge is 0.198 e. The van der Waals surface area contributed by atoms with E-state index in [1.807, 2.05) is 0 Å². The number of anilines is 1. The van der Waals surface area contributed by atoms with Gasteiger partial charge in [-0.25, -0.2) is 4.98 Å². The normalized spacial score (nSPS) is 16.1. The summed E-state index contributed by atoms with van der Waals surface area (Å²) in [4.78, 5) is 4.35. The molecule has 0 bridgehead atoms. The quantitative estimate of drug-likeness (QED) is 0.778. The fourth-order valence-electron chi connectivity index (χ4n) is 1.55. The lowest BCUT2D eigenvalue weighted by Crippen LogP contribution is -1.86. The number of oxazole rings is 1. The first-order valence-corrected chi connectivity index (χ1v) is 5.46. The van der Waals surface area contributed by atoms with Crippen LogP contribution < -0.4 is 5.73 Å². The molecule has 1 saturated carbocycles. The highest BCUT2D eigenvalue weighted by atomic mass is 35.5. The van der Waals surface area contributed by atoms with Crippen molar-refractivity contribution < 1.29 is 4.42 Å². The maximum atomic E-state index is 6.02. The van der Waals surface area contributed by atoms with E-state index in [-0.39, 0.29) is 0 Å². The van der Waals surface area contributed by atoms with Crippen molar-refractivity contribution in [3.63, 3.8) is 0 Å². The van der Waals surface area contributed by atoms with E-state index in [1.54, 1.807) is 6.07 Å². The van der Waals surface area contributed by atoms with Crippen molar-refractivity contribution in [1.29, 1.82) is 0 Å². The fraction of sp³-hybridized carbons (Fsp3) is 0.300. The van der Waals surface area contributed by atoms with Gasteiger partial charge in [-0.2, -0.15) is 0 Å². The average Bonchev–Trinajstić information content (AvgIpc) is 2.97. The van der Waals surface area contributed by atoms with Crippen LogP contribution in [0.3, 0.4) is 0 Å². The minimum atomic E-state index is 0.336. The van der Waals surface area contributed by atoms with Gasteiger partial charge in [0.15, 0.2) is 11.5 Å². The molecule has 0 amide bonds. The molecule has 0 unspecified atom stereocenters. The van der Waals surface area contributed by atoms with Crippen LogP contribution in [0.1, 0.15) is 24.7 Å². The van der Waals surface area contributed by atoms with Crippen LogP contribution >= 0.6 is 23.2 Å². The zero-order valence-electron chi connectivity index (χ0n) is 7.76. The molecule has 1 aromatic carbocycles. The Hall–Kier alpha value is -0.930. The third-order valence-corrected chi connectivity index (χ3v) is 3.40. The van der Waals surface area contributed by atoms with Gasteiger partial charge < -0.3 is 10.2 Å². The largest absolute Gasteiger partial charge is 0.439 e. The summed E-state index contributed by atoms with van der Waals surface area (Å²) in [5.74, 6) is 1.20. The summed E-state index contributed by atoms with van der Waals surface area (Å²) in [6.45, 7) is 0. The highest BCUT2D eigenvalue weighted by Crippen LogP contribution is 2.43. The van der Waals surface area contributed by atoms with Crippen LogP contribution in [0.25, 0.3) is 11.1 Å². The maximum absolute atomic E-state index is 6.02. The van der Waals surface area contributed by atoms with Gasteiger partial charge in [0, 0.05) is 5.92 Å². The molecule has 5 heteroatoms. The number of nitrogen functional groups attached to an aromatic ring is 1. The number of hydrogen-bond donors (Lipinski definition) is 1. The average molecular weight is 243 g/mol. The summed E-state index contributed by atoms with van der Waals surface area (Å²) in [5.41, 5.74) is 7.35. The Bertz CT molecular complexity index is 546.